The molecular weight excluding hydrogens is 408 g/mol. The van der Waals surface area contributed by atoms with E-state index in [0.717, 1.165) is 6.08 Å². The zero-order chi connectivity index (χ0) is 21.9. The zero-order valence-corrected chi connectivity index (χ0v) is 16.2. The number of nitrogen functional groups attached to an aromatic ring is 2. The molecule has 0 saturated carbocycles. The van der Waals surface area contributed by atoms with E-state index in [-0.39, 0.29) is 27.4 Å². The zero-order valence-electron chi connectivity index (χ0n) is 14.5. The van der Waals surface area contributed by atoms with Crippen molar-refractivity contribution in [2.24, 2.45) is 11.5 Å². The maximum absolute atomic E-state index is 11.2. The number of anilines is 2. The number of hydrogen-bond acceptors (Lipinski definition) is 8. The van der Waals surface area contributed by atoms with E-state index in [2.05, 4.69) is 13.2 Å². The van der Waals surface area contributed by atoms with Gasteiger partial charge in [-0.1, -0.05) is 25.3 Å². The highest BCUT2D eigenvalue weighted by atomic mass is 32.2. The Morgan fingerprint density at radius 3 is 1.86 bits per heavy atom. The van der Waals surface area contributed by atoms with Gasteiger partial charge in [0.15, 0.2) is 0 Å². The topological polar surface area (TPSA) is 213 Å². The minimum absolute atomic E-state index is 0.0331. The first kappa shape index (κ1) is 23.0. The number of hydrogen-bond donors (Lipinski definition) is 6. The van der Waals surface area contributed by atoms with Crippen molar-refractivity contribution >= 4 is 42.4 Å². The fourth-order valence-corrected chi connectivity index (χ4v) is 3.51. The number of nitrogens with two attached hydrogens (primary N) is 4. The molecule has 0 aliphatic rings. The predicted octanol–water partition coefficient (Wildman–Crippen LogP) is 0.954. The molecule has 10 nitrogen and oxygen atoms in total. The van der Waals surface area contributed by atoms with Crippen LogP contribution in [-0.4, -0.2) is 25.9 Å². The van der Waals surface area contributed by atoms with Crippen LogP contribution in [0, 0.1) is 0 Å². The van der Waals surface area contributed by atoms with Gasteiger partial charge >= 0.3 is 0 Å². The first-order valence-electron chi connectivity index (χ1n) is 7.28. The van der Waals surface area contributed by atoms with Gasteiger partial charge in [-0.2, -0.15) is 16.8 Å². The third kappa shape index (κ3) is 5.72. The molecule has 0 saturated heterocycles. The number of benzene rings is 2. The Kier molecular flexibility index (Phi) is 6.82. The highest BCUT2D eigenvalue weighted by Gasteiger charge is 2.16. The normalized spacial score (nSPS) is 12.1. The summed E-state index contributed by atoms with van der Waals surface area (Å²) in [6, 6.07) is 7.53. The maximum Gasteiger partial charge on any atom is 0.296 e. The van der Waals surface area contributed by atoms with Crippen molar-refractivity contribution in [1.29, 1.82) is 0 Å². The lowest BCUT2D eigenvalue weighted by Crippen LogP contribution is -2.11. The van der Waals surface area contributed by atoms with Crippen LogP contribution < -0.4 is 22.9 Å². The van der Waals surface area contributed by atoms with Crippen LogP contribution in [0.25, 0.3) is 10.8 Å². The first-order chi connectivity index (χ1) is 12.7. The predicted molar refractivity (Wildman–Crippen MR) is 109 cm³/mol. The lowest BCUT2D eigenvalue weighted by atomic mass is 10.1. The lowest BCUT2D eigenvalue weighted by molar-refractivity contribution is 0.483. The number of fused-ring (bicyclic) bond motifs is 1. The summed E-state index contributed by atoms with van der Waals surface area (Å²) in [6.07, 6.45) is 0.928. The van der Waals surface area contributed by atoms with Gasteiger partial charge in [0.1, 0.15) is 9.80 Å². The molecule has 0 aromatic heterocycles. The standard InChI is InChI=1S/C10H10N2O3S.C6H10N2O3S/c11-7-4-5-8(12)10-6(7)2-1-3-9(10)16(13,14)15;1-4(7)3-6(5(2)8)12(9,10)11/h1-5H,11-12H2,(H,13,14,15);3H,1-2,7-8H2,(H,9,10,11)/b;6-3+. The summed E-state index contributed by atoms with van der Waals surface area (Å²) in [7, 11) is -8.67. The van der Waals surface area contributed by atoms with Crippen LogP contribution in [-0.2, 0) is 20.2 Å². The third-order valence-corrected chi connectivity index (χ3v) is 5.09. The summed E-state index contributed by atoms with van der Waals surface area (Å²) < 4.78 is 61.1. The summed E-state index contributed by atoms with van der Waals surface area (Å²) in [4.78, 5) is -0.759. The molecule has 28 heavy (non-hydrogen) atoms. The Labute approximate surface area is 162 Å². The Morgan fingerprint density at radius 1 is 0.929 bits per heavy atom. The van der Waals surface area contributed by atoms with Crippen LogP contribution in [0.3, 0.4) is 0 Å². The third-order valence-electron chi connectivity index (χ3n) is 3.26. The van der Waals surface area contributed by atoms with E-state index in [4.69, 9.17) is 32.0 Å². The minimum Gasteiger partial charge on any atom is -0.399 e. The molecule has 0 radical (unpaired) electrons. The van der Waals surface area contributed by atoms with Crippen molar-refractivity contribution in [2.45, 2.75) is 4.90 Å². The average molecular weight is 428 g/mol. The molecule has 2 aromatic carbocycles. The number of allylic oxidation sites excluding steroid dienone is 1. The van der Waals surface area contributed by atoms with Gasteiger partial charge in [0, 0.05) is 33.5 Å². The smallest absolute Gasteiger partial charge is 0.296 e. The summed E-state index contributed by atoms with van der Waals surface area (Å²) in [6.45, 7) is 6.37. The Bertz CT molecular complexity index is 1190. The summed E-state index contributed by atoms with van der Waals surface area (Å²) in [5, 5.41) is 0.764. The van der Waals surface area contributed by atoms with Crippen molar-refractivity contribution in [3.63, 3.8) is 0 Å². The minimum atomic E-state index is -4.36. The molecule has 0 aliphatic heterocycles. The molecule has 0 bridgehead atoms. The SMILES string of the molecule is C=C(N)/C=C(\C(=C)N)S(=O)(=O)O.Nc1ccc(N)c2c(S(=O)(=O)O)cccc12. The quantitative estimate of drug-likeness (QED) is 0.230. The molecule has 0 amide bonds. The molecule has 10 N–H and O–H groups in total. The van der Waals surface area contributed by atoms with Crippen LogP contribution in [0.4, 0.5) is 11.4 Å². The van der Waals surface area contributed by atoms with Crippen molar-refractivity contribution in [3.05, 3.63) is 65.9 Å². The van der Waals surface area contributed by atoms with Crippen LogP contribution in [0.5, 0.6) is 0 Å². The largest absolute Gasteiger partial charge is 0.399 e. The molecule has 152 valence electrons. The van der Waals surface area contributed by atoms with E-state index >= 15 is 0 Å². The Balaban J connectivity index is 0.000000295. The highest BCUT2D eigenvalue weighted by Crippen LogP contribution is 2.31. The molecule has 0 spiro atoms. The summed E-state index contributed by atoms with van der Waals surface area (Å²) in [5.41, 5.74) is 21.9. The second-order valence-electron chi connectivity index (χ2n) is 5.48. The molecule has 0 unspecified atom stereocenters. The molecular formula is C16H20N4O6S2. The molecule has 0 heterocycles. The van der Waals surface area contributed by atoms with Gasteiger partial charge in [-0.15, -0.1) is 0 Å². The van der Waals surface area contributed by atoms with E-state index in [0.29, 0.717) is 11.1 Å². The Morgan fingerprint density at radius 2 is 1.46 bits per heavy atom. The van der Waals surface area contributed by atoms with Gasteiger partial charge in [0.05, 0.1) is 0 Å². The van der Waals surface area contributed by atoms with Crippen LogP contribution in [0.15, 0.2) is 70.8 Å². The number of rotatable bonds is 4. The molecule has 2 rings (SSSR count). The molecule has 0 fully saturated rings. The first-order valence-corrected chi connectivity index (χ1v) is 10.2. The lowest BCUT2D eigenvalue weighted by Gasteiger charge is -2.08. The van der Waals surface area contributed by atoms with E-state index in [1.807, 2.05) is 0 Å². The second kappa shape index (κ2) is 8.31. The second-order valence-corrected chi connectivity index (χ2v) is 8.26. The molecule has 12 heteroatoms. The van der Waals surface area contributed by atoms with Crippen LogP contribution >= 0.6 is 0 Å². The van der Waals surface area contributed by atoms with Crippen molar-refractivity contribution in [1.82, 2.24) is 0 Å². The van der Waals surface area contributed by atoms with Gasteiger partial charge in [0.2, 0.25) is 0 Å². The fourth-order valence-electron chi connectivity index (χ4n) is 2.14. The summed E-state index contributed by atoms with van der Waals surface area (Å²) in [5.74, 6) is 0. The van der Waals surface area contributed by atoms with Gasteiger partial charge in [-0.3, -0.25) is 9.11 Å². The molecule has 0 aliphatic carbocycles. The highest BCUT2D eigenvalue weighted by molar-refractivity contribution is 7.90. The van der Waals surface area contributed by atoms with Gasteiger partial charge < -0.3 is 22.9 Å². The van der Waals surface area contributed by atoms with E-state index in [1.54, 1.807) is 12.1 Å². The van der Waals surface area contributed by atoms with E-state index in [1.165, 1.54) is 18.2 Å². The van der Waals surface area contributed by atoms with E-state index < -0.39 is 25.1 Å². The van der Waals surface area contributed by atoms with Crippen LogP contribution in [0.1, 0.15) is 0 Å². The average Bonchev–Trinajstić information content (AvgIpc) is 2.54. The monoisotopic (exact) mass is 428 g/mol. The van der Waals surface area contributed by atoms with Crippen molar-refractivity contribution in [2.75, 3.05) is 11.5 Å². The Hall–Kier alpha value is -3.06. The fraction of sp³-hybridized carbons (Fsp3) is 0. The van der Waals surface area contributed by atoms with Crippen molar-refractivity contribution in [3.8, 4) is 0 Å². The molecule has 2 aromatic rings. The van der Waals surface area contributed by atoms with Crippen molar-refractivity contribution < 1.29 is 25.9 Å². The van der Waals surface area contributed by atoms with Gasteiger partial charge in [0.25, 0.3) is 20.2 Å². The van der Waals surface area contributed by atoms with Crippen LogP contribution in [0.2, 0.25) is 0 Å². The summed E-state index contributed by atoms with van der Waals surface area (Å²) >= 11 is 0. The molecule has 0 atom stereocenters. The van der Waals surface area contributed by atoms with E-state index in [9.17, 15) is 16.8 Å². The van der Waals surface area contributed by atoms with Gasteiger partial charge in [-0.25, -0.2) is 0 Å². The van der Waals surface area contributed by atoms with Gasteiger partial charge in [-0.05, 0) is 24.3 Å². The maximum atomic E-state index is 11.2.